The molecule has 0 aliphatic carbocycles. The molecule has 186 valence electrons. The molecule has 3 rings (SSSR count). The van der Waals surface area contributed by atoms with Gasteiger partial charge >= 0.3 is 24.7 Å². The van der Waals surface area contributed by atoms with Crippen molar-refractivity contribution in [2.45, 2.75) is 37.8 Å². The second-order valence-corrected chi connectivity index (χ2v) is 6.92. The van der Waals surface area contributed by atoms with Gasteiger partial charge in [-0.25, -0.2) is 9.97 Å². The smallest absolute Gasteiger partial charge is 0.333 e. The van der Waals surface area contributed by atoms with Crippen molar-refractivity contribution in [2.24, 2.45) is 0 Å². The van der Waals surface area contributed by atoms with E-state index in [1.165, 1.54) is 0 Å². The second-order valence-electron chi connectivity index (χ2n) is 6.92. The molecule has 0 atom stereocenters. The number of imidazole rings is 2. The Morgan fingerprint density at radius 1 is 0.500 bits per heavy atom. The van der Waals surface area contributed by atoms with Crippen LogP contribution in [-0.2, 0) is 37.8 Å². The summed E-state index contributed by atoms with van der Waals surface area (Å²) in [7, 11) is 0. The Labute approximate surface area is 181 Å². The number of alkyl halides is 12. The SMILES string of the molecule is FC(F)(F)c1c(Cn2ccnc2)c(C(F)(F)F)c(C(F)(F)F)c(Cn2ccnc2)c1C(F)(F)F. The third-order valence-corrected chi connectivity index (χ3v) is 4.64. The summed E-state index contributed by atoms with van der Waals surface area (Å²) in [6.45, 7) is -3.22. The van der Waals surface area contributed by atoms with Crippen LogP contribution in [0.3, 0.4) is 0 Å². The predicted octanol–water partition coefficient (Wildman–Crippen LogP) is 6.25. The summed E-state index contributed by atoms with van der Waals surface area (Å²) in [5.41, 5.74) is -15.9. The van der Waals surface area contributed by atoms with Crippen molar-refractivity contribution in [3.63, 3.8) is 0 Å². The maximum atomic E-state index is 13.9. The van der Waals surface area contributed by atoms with Gasteiger partial charge in [-0.05, 0) is 11.1 Å². The van der Waals surface area contributed by atoms with Crippen LogP contribution in [0.4, 0.5) is 52.7 Å². The number of nitrogens with zero attached hydrogens (tertiary/aromatic N) is 4. The van der Waals surface area contributed by atoms with Gasteiger partial charge in [-0.1, -0.05) is 0 Å². The second kappa shape index (κ2) is 8.23. The lowest BCUT2D eigenvalue weighted by atomic mass is 9.84. The predicted molar refractivity (Wildman–Crippen MR) is 89.1 cm³/mol. The third-order valence-electron chi connectivity index (χ3n) is 4.64. The maximum Gasteiger partial charge on any atom is 0.417 e. The van der Waals surface area contributed by atoms with Crippen molar-refractivity contribution in [1.29, 1.82) is 0 Å². The molecule has 4 nitrogen and oxygen atoms in total. The van der Waals surface area contributed by atoms with Gasteiger partial charge < -0.3 is 9.13 Å². The molecule has 0 unspecified atom stereocenters. The van der Waals surface area contributed by atoms with E-state index in [2.05, 4.69) is 9.97 Å². The highest BCUT2D eigenvalue weighted by atomic mass is 19.4. The largest absolute Gasteiger partial charge is 0.417 e. The molecule has 2 aromatic heterocycles. The Kier molecular flexibility index (Phi) is 6.15. The number of hydrogen-bond acceptors (Lipinski definition) is 2. The summed E-state index contributed by atoms with van der Waals surface area (Å²) in [5, 5.41) is 0. The van der Waals surface area contributed by atoms with E-state index in [4.69, 9.17) is 0 Å². The first-order chi connectivity index (χ1) is 15.4. The Balaban J connectivity index is 2.63. The third kappa shape index (κ3) is 4.99. The zero-order valence-electron chi connectivity index (χ0n) is 16.2. The van der Waals surface area contributed by atoms with E-state index >= 15 is 0 Å². The molecule has 1 aromatic carbocycles. The number of rotatable bonds is 4. The molecule has 0 fully saturated rings. The van der Waals surface area contributed by atoms with E-state index in [0.717, 1.165) is 24.8 Å². The Hall–Kier alpha value is -3.20. The van der Waals surface area contributed by atoms with Crippen molar-refractivity contribution in [1.82, 2.24) is 19.1 Å². The van der Waals surface area contributed by atoms with Crippen molar-refractivity contribution in [3.8, 4) is 0 Å². The number of hydrogen-bond donors (Lipinski definition) is 0. The van der Waals surface area contributed by atoms with Crippen molar-refractivity contribution in [2.75, 3.05) is 0 Å². The first-order valence-corrected chi connectivity index (χ1v) is 8.84. The molecule has 0 bridgehead atoms. The minimum atomic E-state index is -6.10. The molecule has 3 aromatic rings. The van der Waals surface area contributed by atoms with Crippen molar-refractivity contribution in [3.05, 3.63) is 70.8 Å². The van der Waals surface area contributed by atoms with Crippen LogP contribution in [0.2, 0.25) is 0 Å². The molecule has 0 saturated heterocycles. The van der Waals surface area contributed by atoms with Crippen LogP contribution < -0.4 is 0 Å². The number of aromatic nitrogens is 4. The average molecular weight is 510 g/mol. The summed E-state index contributed by atoms with van der Waals surface area (Å²) in [6, 6.07) is 0. The molecule has 0 amide bonds. The fourth-order valence-corrected chi connectivity index (χ4v) is 3.55. The monoisotopic (exact) mass is 510 g/mol. The molecule has 0 aliphatic heterocycles. The maximum absolute atomic E-state index is 13.9. The van der Waals surface area contributed by atoms with Crippen LogP contribution in [0.25, 0.3) is 0 Å². The van der Waals surface area contributed by atoms with Gasteiger partial charge in [0.15, 0.2) is 0 Å². The highest BCUT2D eigenvalue weighted by Crippen LogP contribution is 2.53. The quantitative estimate of drug-likeness (QED) is 0.389. The molecule has 0 spiro atoms. The van der Waals surface area contributed by atoms with Gasteiger partial charge in [-0.2, -0.15) is 52.7 Å². The van der Waals surface area contributed by atoms with E-state index in [0.29, 0.717) is 21.8 Å². The normalized spacial score (nSPS) is 13.5. The van der Waals surface area contributed by atoms with Gasteiger partial charge in [0.05, 0.1) is 34.9 Å². The molecule has 16 heteroatoms. The van der Waals surface area contributed by atoms with Crippen LogP contribution in [0.15, 0.2) is 37.4 Å². The lowest BCUT2D eigenvalue weighted by Crippen LogP contribution is -2.31. The fourth-order valence-electron chi connectivity index (χ4n) is 3.55. The Morgan fingerprint density at radius 2 is 0.765 bits per heavy atom. The molecule has 34 heavy (non-hydrogen) atoms. The van der Waals surface area contributed by atoms with Crippen LogP contribution in [-0.4, -0.2) is 19.1 Å². The van der Waals surface area contributed by atoms with Crippen molar-refractivity contribution < 1.29 is 52.7 Å². The van der Waals surface area contributed by atoms with Crippen LogP contribution >= 0.6 is 0 Å². The zero-order chi connectivity index (χ0) is 25.7. The summed E-state index contributed by atoms with van der Waals surface area (Å²) >= 11 is 0. The molecular formula is C18H10F12N4. The molecule has 0 N–H and O–H groups in total. The molecule has 0 aliphatic rings. The minimum Gasteiger partial charge on any atom is -0.333 e. The Morgan fingerprint density at radius 3 is 0.941 bits per heavy atom. The van der Waals surface area contributed by atoms with E-state index in [9.17, 15) is 52.7 Å². The number of halogens is 12. The van der Waals surface area contributed by atoms with E-state index in [1.807, 2.05) is 0 Å². The summed E-state index contributed by atoms with van der Waals surface area (Å²) in [4.78, 5) is 6.72. The summed E-state index contributed by atoms with van der Waals surface area (Å²) < 4.78 is 168. The van der Waals surface area contributed by atoms with Crippen molar-refractivity contribution >= 4 is 0 Å². The molecule has 0 saturated carbocycles. The first-order valence-electron chi connectivity index (χ1n) is 8.84. The van der Waals surface area contributed by atoms with Gasteiger partial charge in [-0.15, -0.1) is 0 Å². The van der Waals surface area contributed by atoms with Gasteiger partial charge in [-0.3, -0.25) is 0 Å². The summed E-state index contributed by atoms with van der Waals surface area (Å²) in [6.07, 6.45) is -19.8. The van der Waals surface area contributed by atoms with Crippen LogP contribution in [0.1, 0.15) is 33.4 Å². The standard InChI is InChI=1S/C18H10F12N4/c19-15(20,21)11-9(5-33-3-1-31-7-33)12(16(22,23)24)14(18(28,29)30)10(13(11)17(25,26)27)6-34-4-2-32-8-34/h1-4,7-8H,5-6H2. The summed E-state index contributed by atoms with van der Waals surface area (Å²) in [5.74, 6) is 0. The van der Waals surface area contributed by atoms with Gasteiger partial charge in [0.25, 0.3) is 0 Å². The Bertz CT molecular complexity index is 990. The lowest BCUT2D eigenvalue weighted by Gasteiger charge is -2.30. The fraction of sp³-hybridized carbons (Fsp3) is 0.333. The van der Waals surface area contributed by atoms with Crippen LogP contribution in [0, 0.1) is 0 Å². The van der Waals surface area contributed by atoms with E-state index in [1.54, 1.807) is 0 Å². The lowest BCUT2D eigenvalue weighted by molar-refractivity contribution is -0.172. The zero-order valence-corrected chi connectivity index (χ0v) is 16.2. The van der Waals surface area contributed by atoms with Gasteiger partial charge in [0, 0.05) is 37.9 Å². The average Bonchev–Trinajstić information content (AvgIpc) is 3.31. The van der Waals surface area contributed by atoms with E-state index < -0.39 is 71.2 Å². The topological polar surface area (TPSA) is 35.6 Å². The molecule has 2 heterocycles. The first kappa shape index (κ1) is 25.4. The molecular weight excluding hydrogens is 500 g/mol. The molecule has 0 radical (unpaired) electrons. The van der Waals surface area contributed by atoms with Gasteiger partial charge in [0.2, 0.25) is 0 Å². The van der Waals surface area contributed by atoms with Crippen LogP contribution in [0.5, 0.6) is 0 Å². The van der Waals surface area contributed by atoms with E-state index in [-0.39, 0.29) is 0 Å². The van der Waals surface area contributed by atoms with Gasteiger partial charge in [0.1, 0.15) is 0 Å². The highest BCUT2D eigenvalue weighted by Gasteiger charge is 2.55. The number of benzene rings is 1. The minimum absolute atomic E-state index is 0.496. The highest BCUT2D eigenvalue weighted by molar-refractivity contribution is 5.57.